The molecule has 0 radical (unpaired) electrons. The van der Waals surface area contributed by atoms with Gasteiger partial charge in [-0.05, 0) is 24.3 Å². The number of nitriles is 1. The first-order valence-electron chi connectivity index (χ1n) is 8.10. The standard InChI is InChI=1S/C18H18N6/c19-12-14-4-3-7-18(20-14)24-10-8-23(9-11-24)13-17-21-15-5-1-2-6-16(15)22-17/h1-7H,8-11,13H2,(H,21,22). The van der Waals surface area contributed by atoms with Crippen LogP contribution in [0.15, 0.2) is 42.5 Å². The van der Waals surface area contributed by atoms with Crippen LogP contribution < -0.4 is 4.90 Å². The van der Waals surface area contributed by atoms with Crippen molar-refractivity contribution in [1.82, 2.24) is 19.9 Å². The molecule has 120 valence electrons. The van der Waals surface area contributed by atoms with E-state index in [1.807, 2.05) is 30.3 Å². The molecule has 4 rings (SSSR count). The molecule has 0 saturated carbocycles. The van der Waals surface area contributed by atoms with Crippen LogP contribution in [0.1, 0.15) is 11.5 Å². The van der Waals surface area contributed by atoms with Gasteiger partial charge in [-0.15, -0.1) is 0 Å². The Hall–Kier alpha value is -2.91. The molecule has 1 aromatic carbocycles. The molecule has 24 heavy (non-hydrogen) atoms. The van der Waals surface area contributed by atoms with E-state index in [1.165, 1.54) is 0 Å². The number of hydrogen-bond donors (Lipinski definition) is 1. The minimum Gasteiger partial charge on any atom is -0.354 e. The molecule has 1 saturated heterocycles. The lowest BCUT2D eigenvalue weighted by Crippen LogP contribution is -2.46. The number of nitrogens with zero attached hydrogens (tertiary/aromatic N) is 5. The third-order valence-electron chi connectivity index (χ3n) is 4.36. The predicted octanol–water partition coefficient (Wildman–Crippen LogP) is 2.15. The minimum atomic E-state index is 0.470. The van der Waals surface area contributed by atoms with Crippen molar-refractivity contribution in [3.8, 4) is 6.07 Å². The Labute approximate surface area is 140 Å². The van der Waals surface area contributed by atoms with Crippen LogP contribution in [0.4, 0.5) is 5.82 Å². The SMILES string of the molecule is N#Cc1cccc(N2CCN(Cc3nc4ccccc4[nH]3)CC2)n1. The van der Waals surface area contributed by atoms with Gasteiger partial charge < -0.3 is 9.88 Å². The van der Waals surface area contributed by atoms with Crippen molar-refractivity contribution in [2.24, 2.45) is 0 Å². The van der Waals surface area contributed by atoms with Crippen LogP contribution in [0.3, 0.4) is 0 Å². The second kappa shape index (κ2) is 6.30. The molecule has 0 aliphatic carbocycles. The van der Waals surface area contributed by atoms with Crippen molar-refractivity contribution < 1.29 is 0 Å². The van der Waals surface area contributed by atoms with Crippen molar-refractivity contribution in [2.45, 2.75) is 6.54 Å². The van der Waals surface area contributed by atoms with E-state index >= 15 is 0 Å². The number of anilines is 1. The number of piperazine rings is 1. The maximum Gasteiger partial charge on any atom is 0.142 e. The summed E-state index contributed by atoms with van der Waals surface area (Å²) in [6.45, 7) is 4.55. The highest BCUT2D eigenvalue weighted by Gasteiger charge is 2.19. The molecule has 3 heterocycles. The second-order valence-corrected chi connectivity index (χ2v) is 5.96. The van der Waals surface area contributed by atoms with Crippen LogP contribution >= 0.6 is 0 Å². The number of fused-ring (bicyclic) bond motifs is 1. The Morgan fingerprint density at radius 3 is 2.62 bits per heavy atom. The zero-order chi connectivity index (χ0) is 16.4. The highest BCUT2D eigenvalue weighted by Crippen LogP contribution is 2.16. The maximum atomic E-state index is 8.98. The van der Waals surface area contributed by atoms with Gasteiger partial charge in [-0.25, -0.2) is 9.97 Å². The lowest BCUT2D eigenvalue weighted by molar-refractivity contribution is 0.244. The van der Waals surface area contributed by atoms with E-state index in [4.69, 9.17) is 5.26 Å². The van der Waals surface area contributed by atoms with Gasteiger partial charge in [0.05, 0.1) is 17.6 Å². The number of rotatable bonds is 3. The number of pyridine rings is 1. The molecule has 1 aliphatic heterocycles. The molecule has 1 fully saturated rings. The number of nitrogens with one attached hydrogen (secondary N) is 1. The van der Waals surface area contributed by atoms with E-state index in [2.05, 4.69) is 36.9 Å². The van der Waals surface area contributed by atoms with Crippen molar-refractivity contribution in [1.29, 1.82) is 5.26 Å². The fourth-order valence-corrected chi connectivity index (χ4v) is 3.09. The number of H-pyrrole nitrogens is 1. The predicted molar refractivity (Wildman–Crippen MR) is 92.5 cm³/mol. The zero-order valence-electron chi connectivity index (χ0n) is 13.3. The fourth-order valence-electron chi connectivity index (χ4n) is 3.09. The van der Waals surface area contributed by atoms with E-state index in [-0.39, 0.29) is 0 Å². The van der Waals surface area contributed by atoms with Crippen LogP contribution in [-0.4, -0.2) is 46.0 Å². The molecule has 0 bridgehead atoms. The number of hydrogen-bond acceptors (Lipinski definition) is 5. The summed E-state index contributed by atoms with van der Waals surface area (Å²) < 4.78 is 0. The number of aromatic amines is 1. The molecule has 0 spiro atoms. The molecule has 0 atom stereocenters. The number of aromatic nitrogens is 3. The van der Waals surface area contributed by atoms with Gasteiger partial charge in [0, 0.05) is 26.2 Å². The van der Waals surface area contributed by atoms with Gasteiger partial charge in [-0.1, -0.05) is 18.2 Å². The van der Waals surface area contributed by atoms with Gasteiger partial charge in [-0.2, -0.15) is 5.26 Å². The van der Waals surface area contributed by atoms with Gasteiger partial charge in [0.1, 0.15) is 23.4 Å². The van der Waals surface area contributed by atoms with Crippen LogP contribution in [0.5, 0.6) is 0 Å². The minimum absolute atomic E-state index is 0.470. The summed E-state index contributed by atoms with van der Waals surface area (Å²) in [6.07, 6.45) is 0. The summed E-state index contributed by atoms with van der Waals surface area (Å²) in [5, 5.41) is 8.98. The molecule has 6 heteroatoms. The van der Waals surface area contributed by atoms with Crippen LogP contribution in [0.2, 0.25) is 0 Å². The van der Waals surface area contributed by atoms with E-state index in [0.29, 0.717) is 5.69 Å². The van der Waals surface area contributed by atoms with E-state index in [0.717, 1.165) is 55.4 Å². The van der Waals surface area contributed by atoms with Gasteiger partial charge in [-0.3, -0.25) is 4.90 Å². The fraction of sp³-hybridized carbons (Fsp3) is 0.278. The Morgan fingerprint density at radius 1 is 1.00 bits per heavy atom. The Morgan fingerprint density at radius 2 is 1.83 bits per heavy atom. The van der Waals surface area contributed by atoms with Crippen molar-refractivity contribution in [3.05, 3.63) is 54.0 Å². The molecular weight excluding hydrogens is 300 g/mol. The number of benzene rings is 1. The summed E-state index contributed by atoms with van der Waals surface area (Å²) in [6, 6.07) is 15.8. The Balaban J connectivity index is 1.40. The summed E-state index contributed by atoms with van der Waals surface area (Å²) in [4.78, 5) is 17.0. The maximum absolute atomic E-state index is 8.98. The smallest absolute Gasteiger partial charge is 0.142 e. The average molecular weight is 318 g/mol. The van der Waals surface area contributed by atoms with Gasteiger partial charge in [0.15, 0.2) is 0 Å². The quantitative estimate of drug-likeness (QED) is 0.801. The molecule has 0 amide bonds. The lowest BCUT2D eigenvalue weighted by Gasteiger charge is -2.35. The zero-order valence-corrected chi connectivity index (χ0v) is 13.3. The number of imidazole rings is 1. The monoisotopic (exact) mass is 318 g/mol. The highest BCUT2D eigenvalue weighted by molar-refractivity contribution is 5.74. The summed E-state index contributed by atoms with van der Waals surface area (Å²) in [5.41, 5.74) is 2.57. The van der Waals surface area contributed by atoms with Crippen LogP contribution in [-0.2, 0) is 6.54 Å². The first kappa shape index (κ1) is 14.7. The largest absolute Gasteiger partial charge is 0.354 e. The molecule has 1 N–H and O–H groups in total. The second-order valence-electron chi connectivity index (χ2n) is 5.96. The molecule has 1 aliphatic rings. The first-order chi connectivity index (χ1) is 11.8. The average Bonchev–Trinajstić information content (AvgIpc) is 3.04. The first-order valence-corrected chi connectivity index (χ1v) is 8.10. The lowest BCUT2D eigenvalue weighted by atomic mass is 10.3. The Bertz CT molecular complexity index is 853. The molecule has 0 unspecified atom stereocenters. The van der Waals surface area contributed by atoms with Gasteiger partial charge >= 0.3 is 0 Å². The summed E-state index contributed by atoms with van der Waals surface area (Å²) in [7, 11) is 0. The highest BCUT2D eigenvalue weighted by atomic mass is 15.3. The van der Waals surface area contributed by atoms with Gasteiger partial charge in [0.2, 0.25) is 0 Å². The van der Waals surface area contributed by atoms with E-state index in [9.17, 15) is 0 Å². The molecule has 6 nitrogen and oxygen atoms in total. The Kier molecular flexibility index (Phi) is 3.85. The molecular formula is C18H18N6. The summed E-state index contributed by atoms with van der Waals surface area (Å²) in [5.74, 6) is 1.90. The third-order valence-corrected chi connectivity index (χ3v) is 4.36. The summed E-state index contributed by atoms with van der Waals surface area (Å²) >= 11 is 0. The van der Waals surface area contributed by atoms with Crippen molar-refractivity contribution in [3.63, 3.8) is 0 Å². The topological polar surface area (TPSA) is 71.8 Å². The van der Waals surface area contributed by atoms with Crippen LogP contribution in [0.25, 0.3) is 11.0 Å². The van der Waals surface area contributed by atoms with Crippen molar-refractivity contribution in [2.75, 3.05) is 31.1 Å². The molecule has 3 aromatic rings. The van der Waals surface area contributed by atoms with E-state index in [1.54, 1.807) is 6.07 Å². The van der Waals surface area contributed by atoms with E-state index < -0.39 is 0 Å². The van der Waals surface area contributed by atoms with Crippen LogP contribution in [0, 0.1) is 11.3 Å². The normalized spacial score (nSPS) is 15.5. The number of para-hydroxylation sites is 2. The molecule has 2 aromatic heterocycles. The van der Waals surface area contributed by atoms with Crippen molar-refractivity contribution >= 4 is 16.9 Å². The third kappa shape index (κ3) is 2.94. The van der Waals surface area contributed by atoms with Gasteiger partial charge in [0.25, 0.3) is 0 Å².